The van der Waals surface area contributed by atoms with E-state index in [1.165, 1.54) is 33.4 Å². The molecule has 4 rings (SSSR count). The minimum absolute atomic E-state index is 0.250. The molecular formula is C16H16O2. The lowest BCUT2D eigenvalue weighted by Gasteiger charge is -2.17. The molecule has 18 heavy (non-hydrogen) atoms. The van der Waals surface area contributed by atoms with E-state index in [0.717, 1.165) is 6.42 Å². The summed E-state index contributed by atoms with van der Waals surface area (Å²) in [5.41, 5.74) is 8.45. The second kappa shape index (κ2) is 5.05. The van der Waals surface area contributed by atoms with Crippen molar-refractivity contribution in [3.05, 3.63) is 58.7 Å². The highest BCUT2D eigenvalue weighted by Gasteiger charge is 2.11. The Morgan fingerprint density at radius 1 is 1.06 bits per heavy atom. The standard InChI is InChI=1S/C15H14.CH2O2/c1-10-6-13-7-11(2)15(10)14-5-3-4-12(8-13)9-14;2-1-3/h3-7,9H,8H2,1-2H3;1H,(H,2,3). The molecule has 92 valence electrons. The Morgan fingerprint density at radius 3 is 2.28 bits per heavy atom. The van der Waals surface area contributed by atoms with Gasteiger partial charge in [-0.3, -0.25) is 4.79 Å². The molecule has 2 aliphatic rings. The van der Waals surface area contributed by atoms with Gasteiger partial charge in [0.1, 0.15) is 0 Å². The van der Waals surface area contributed by atoms with Crippen molar-refractivity contribution in [3.8, 4) is 11.1 Å². The second-order valence-corrected chi connectivity index (χ2v) is 4.59. The third-order valence-corrected chi connectivity index (χ3v) is 3.22. The van der Waals surface area contributed by atoms with Gasteiger partial charge < -0.3 is 5.11 Å². The van der Waals surface area contributed by atoms with Crippen LogP contribution in [-0.2, 0) is 11.2 Å². The van der Waals surface area contributed by atoms with Crippen molar-refractivity contribution in [1.29, 1.82) is 0 Å². The first kappa shape index (κ1) is 12.4. The summed E-state index contributed by atoms with van der Waals surface area (Å²) in [6, 6.07) is 13.6. The van der Waals surface area contributed by atoms with E-state index in [2.05, 4.69) is 50.2 Å². The minimum atomic E-state index is -0.250. The summed E-state index contributed by atoms with van der Waals surface area (Å²) < 4.78 is 0. The Kier molecular flexibility index (Phi) is 3.47. The van der Waals surface area contributed by atoms with E-state index in [-0.39, 0.29) is 6.47 Å². The Balaban J connectivity index is 0.000000367. The highest BCUT2D eigenvalue weighted by molar-refractivity contribution is 5.73. The third-order valence-electron chi connectivity index (χ3n) is 3.22. The van der Waals surface area contributed by atoms with Gasteiger partial charge >= 0.3 is 0 Å². The maximum Gasteiger partial charge on any atom is 0.290 e. The van der Waals surface area contributed by atoms with Crippen LogP contribution in [0, 0.1) is 13.8 Å². The summed E-state index contributed by atoms with van der Waals surface area (Å²) >= 11 is 0. The van der Waals surface area contributed by atoms with Gasteiger partial charge in [0.25, 0.3) is 6.47 Å². The first-order valence-corrected chi connectivity index (χ1v) is 5.93. The van der Waals surface area contributed by atoms with Gasteiger partial charge in [0.05, 0.1) is 0 Å². The van der Waals surface area contributed by atoms with Crippen molar-refractivity contribution in [2.24, 2.45) is 0 Å². The van der Waals surface area contributed by atoms with Gasteiger partial charge in [-0.15, -0.1) is 0 Å². The molecule has 0 aliphatic heterocycles. The summed E-state index contributed by atoms with van der Waals surface area (Å²) in [7, 11) is 0. The van der Waals surface area contributed by atoms with E-state index in [0.29, 0.717) is 0 Å². The molecule has 0 heterocycles. The minimum Gasteiger partial charge on any atom is -0.483 e. The molecule has 0 aromatic heterocycles. The Bertz CT molecular complexity index is 562. The zero-order valence-corrected chi connectivity index (χ0v) is 10.6. The van der Waals surface area contributed by atoms with Crippen molar-refractivity contribution in [3.63, 3.8) is 0 Å². The molecule has 0 fully saturated rings. The van der Waals surface area contributed by atoms with Gasteiger partial charge in [-0.1, -0.05) is 36.4 Å². The van der Waals surface area contributed by atoms with Crippen LogP contribution in [0.5, 0.6) is 0 Å². The fraction of sp³-hybridized carbons (Fsp3) is 0.188. The molecule has 0 radical (unpaired) electrons. The maximum absolute atomic E-state index is 8.36. The Hall–Kier alpha value is -2.09. The van der Waals surface area contributed by atoms with E-state index < -0.39 is 0 Å². The highest BCUT2D eigenvalue weighted by Crippen LogP contribution is 2.32. The van der Waals surface area contributed by atoms with Crippen LogP contribution >= 0.6 is 0 Å². The monoisotopic (exact) mass is 240 g/mol. The van der Waals surface area contributed by atoms with Crippen molar-refractivity contribution < 1.29 is 9.90 Å². The lowest BCUT2D eigenvalue weighted by molar-refractivity contribution is -0.122. The van der Waals surface area contributed by atoms with Crippen LogP contribution in [0.3, 0.4) is 0 Å². The number of hydrogen-bond acceptors (Lipinski definition) is 1. The number of benzene rings is 2. The lowest BCUT2D eigenvalue weighted by Crippen LogP contribution is -1.98. The summed E-state index contributed by atoms with van der Waals surface area (Å²) in [5.74, 6) is 0. The fourth-order valence-corrected chi connectivity index (χ4v) is 2.68. The average Bonchev–Trinajstić information content (AvgIpc) is 2.28. The number of rotatable bonds is 0. The van der Waals surface area contributed by atoms with Gasteiger partial charge in [0.2, 0.25) is 0 Å². The molecule has 0 unspecified atom stereocenters. The van der Waals surface area contributed by atoms with Crippen molar-refractivity contribution >= 4 is 6.47 Å². The Morgan fingerprint density at radius 2 is 1.67 bits per heavy atom. The molecule has 0 atom stereocenters. The van der Waals surface area contributed by atoms with Gasteiger partial charge in [0, 0.05) is 0 Å². The smallest absolute Gasteiger partial charge is 0.290 e. The van der Waals surface area contributed by atoms with Crippen LogP contribution in [0.1, 0.15) is 22.3 Å². The number of hydrogen-bond donors (Lipinski definition) is 1. The molecule has 2 nitrogen and oxygen atoms in total. The predicted octanol–water partition coefficient (Wildman–Crippen LogP) is 3.58. The first-order chi connectivity index (χ1) is 8.65. The summed E-state index contributed by atoms with van der Waals surface area (Å²) in [6.45, 7) is 4.17. The Labute approximate surface area is 107 Å². The van der Waals surface area contributed by atoms with Crippen LogP contribution in [0.15, 0.2) is 36.4 Å². The zero-order valence-electron chi connectivity index (χ0n) is 10.6. The first-order valence-electron chi connectivity index (χ1n) is 5.93. The number of carboxylic acid groups (broad SMARTS) is 1. The largest absolute Gasteiger partial charge is 0.483 e. The van der Waals surface area contributed by atoms with Gasteiger partial charge in [-0.2, -0.15) is 0 Å². The summed E-state index contributed by atoms with van der Waals surface area (Å²) in [4.78, 5) is 8.36. The fourth-order valence-electron chi connectivity index (χ4n) is 2.68. The molecule has 2 aromatic rings. The molecule has 0 spiro atoms. The maximum atomic E-state index is 8.36. The quantitative estimate of drug-likeness (QED) is 0.610. The zero-order chi connectivity index (χ0) is 13.1. The molecule has 4 bridgehead atoms. The second-order valence-electron chi connectivity index (χ2n) is 4.59. The SMILES string of the molecule is Cc1cc2cc(C)c1-c1cccc(c1)C2.O=CO. The number of carbonyl (C=O) groups is 1. The van der Waals surface area contributed by atoms with E-state index in [9.17, 15) is 0 Å². The van der Waals surface area contributed by atoms with Gasteiger partial charge in [-0.25, -0.2) is 0 Å². The number of aryl methyl sites for hydroxylation is 2. The van der Waals surface area contributed by atoms with E-state index in [1.807, 2.05) is 0 Å². The highest BCUT2D eigenvalue weighted by atomic mass is 16.3. The van der Waals surface area contributed by atoms with Crippen molar-refractivity contribution in [1.82, 2.24) is 0 Å². The van der Waals surface area contributed by atoms with Crippen molar-refractivity contribution in [2.45, 2.75) is 20.3 Å². The van der Waals surface area contributed by atoms with Gasteiger partial charge in [0.15, 0.2) is 0 Å². The lowest BCUT2D eigenvalue weighted by atomic mass is 9.87. The summed E-state index contributed by atoms with van der Waals surface area (Å²) in [6.07, 6.45) is 1.07. The molecule has 2 heteroatoms. The van der Waals surface area contributed by atoms with E-state index >= 15 is 0 Å². The van der Waals surface area contributed by atoms with Crippen LogP contribution < -0.4 is 0 Å². The van der Waals surface area contributed by atoms with E-state index in [1.54, 1.807) is 0 Å². The topological polar surface area (TPSA) is 37.3 Å². The molecule has 1 N–H and O–H groups in total. The van der Waals surface area contributed by atoms with E-state index in [4.69, 9.17) is 9.90 Å². The molecule has 0 amide bonds. The molecule has 2 aromatic carbocycles. The molecule has 0 saturated carbocycles. The van der Waals surface area contributed by atoms with Crippen LogP contribution in [0.25, 0.3) is 11.1 Å². The van der Waals surface area contributed by atoms with Gasteiger partial charge in [-0.05, 0) is 53.6 Å². The third kappa shape index (κ3) is 2.28. The predicted molar refractivity (Wildman–Crippen MR) is 72.9 cm³/mol. The van der Waals surface area contributed by atoms with Crippen LogP contribution in [0.4, 0.5) is 0 Å². The van der Waals surface area contributed by atoms with Crippen LogP contribution in [-0.4, -0.2) is 11.6 Å². The average molecular weight is 240 g/mol. The van der Waals surface area contributed by atoms with Crippen LogP contribution in [0.2, 0.25) is 0 Å². The normalized spacial score (nSPS) is 11.0. The van der Waals surface area contributed by atoms with Crippen molar-refractivity contribution in [2.75, 3.05) is 0 Å². The molecule has 2 aliphatic carbocycles. The molecule has 0 saturated heterocycles. The number of fused-ring (bicyclic) bond motifs is 2. The summed E-state index contributed by atoms with van der Waals surface area (Å²) in [5, 5.41) is 6.89. The molecular weight excluding hydrogens is 224 g/mol.